The standard InChI is InChI=1S/C28H27ClFN7O3S/c1-31-28(40)26-33-19(13-21(38)23-16-4-2-3-5-22(16)41-35-23)25-24(17-12-15(30)6-7-18(17)29)34-27(39)20(37(25)26)14-36-10-8-32-9-11-36/h2-7,12,20,24,32H,8-11,13-14H2,1H3,(H,31,40)(H,34,39)/t20-,24+/m1/s1. The molecule has 13 heteroatoms. The third-order valence-electron chi connectivity index (χ3n) is 7.51. The predicted octanol–water partition coefficient (Wildman–Crippen LogP) is 2.74. The monoisotopic (exact) mass is 595 g/mol. The van der Waals surface area contributed by atoms with E-state index >= 15 is 0 Å². The number of amides is 2. The van der Waals surface area contributed by atoms with Crippen LogP contribution in [0.15, 0.2) is 42.5 Å². The number of nitrogens with one attached hydrogen (secondary N) is 3. The van der Waals surface area contributed by atoms with Crippen LogP contribution in [-0.2, 0) is 11.2 Å². The summed E-state index contributed by atoms with van der Waals surface area (Å²) in [6.45, 7) is 3.33. The van der Waals surface area contributed by atoms with E-state index < -0.39 is 23.8 Å². The summed E-state index contributed by atoms with van der Waals surface area (Å²) in [4.78, 5) is 47.3. The van der Waals surface area contributed by atoms with E-state index in [9.17, 15) is 18.8 Å². The lowest BCUT2D eigenvalue weighted by atomic mass is 9.95. The molecule has 1 saturated heterocycles. The molecule has 2 amide bonds. The summed E-state index contributed by atoms with van der Waals surface area (Å²) in [5, 5.41) is 9.86. The average molecular weight is 596 g/mol. The number of fused-ring (bicyclic) bond motifs is 2. The van der Waals surface area contributed by atoms with E-state index in [0.29, 0.717) is 29.2 Å². The summed E-state index contributed by atoms with van der Waals surface area (Å²) in [5.41, 5.74) is 1.33. The molecule has 0 unspecified atom stereocenters. The lowest BCUT2D eigenvalue weighted by Crippen LogP contribution is -2.51. The van der Waals surface area contributed by atoms with Crippen LogP contribution in [0.3, 0.4) is 0 Å². The maximum atomic E-state index is 14.5. The Morgan fingerprint density at radius 2 is 1.98 bits per heavy atom. The average Bonchev–Trinajstić information content (AvgIpc) is 3.58. The molecule has 41 heavy (non-hydrogen) atoms. The molecule has 6 rings (SSSR count). The van der Waals surface area contributed by atoms with Crippen LogP contribution in [0.4, 0.5) is 4.39 Å². The fraction of sp³-hybridized carbons (Fsp3) is 0.321. The molecule has 2 aromatic heterocycles. The zero-order valence-electron chi connectivity index (χ0n) is 22.1. The first-order chi connectivity index (χ1) is 19.9. The van der Waals surface area contributed by atoms with Gasteiger partial charge in [-0.15, -0.1) is 0 Å². The Morgan fingerprint density at radius 3 is 2.76 bits per heavy atom. The first kappa shape index (κ1) is 27.5. The minimum absolute atomic E-state index is 0.000876. The first-order valence-electron chi connectivity index (χ1n) is 13.2. The normalized spacial score (nSPS) is 19.1. The van der Waals surface area contributed by atoms with Crippen LogP contribution in [0.25, 0.3) is 10.1 Å². The third kappa shape index (κ3) is 5.12. The first-order valence-corrected chi connectivity index (χ1v) is 14.4. The van der Waals surface area contributed by atoms with Crippen LogP contribution in [-0.4, -0.2) is 76.2 Å². The molecule has 0 saturated carbocycles. The highest BCUT2D eigenvalue weighted by Crippen LogP contribution is 2.38. The van der Waals surface area contributed by atoms with Gasteiger partial charge in [-0.3, -0.25) is 19.3 Å². The van der Waals surface area contributed by atoms with Crippen molar-refractivity contribution in [2.75, 3.05) is 39.8 Å². The van der Waals surface area contributed by atoms with Crippen molar-refractivity contribution >= 4 is 50.8 Å². The van der Waals surface area contributed by atoms with E-state index in [2.05, 4.69) is 30.2 Å². The number of nitrogens with zero attached hydrogens (tertiary/aromatic N) is 4. The Balaban J connectivity index is 1.50. The zero-order valence-corrected chi connectivity index (χ0v) is 23.7. The molecule has 2 aliphatic rings. The van der Waals surface area contributed by atoms with E-state index in [1.165, 1.54) is 36.8 Å². The van der Waals surface area contributed by atoms with Gasteiger partial charge in [0.1, 0.15) is 17.6 Å². The minimum Gasteiger partial charge on any atom is -0.352 e. The smallest absolute Gasteiger partial charge is 0.287 e. The number of carbonyl (C=O) groups is 3. The fourth-order valence-electron chi connectivity index (χ4n) is 5.53. The topological polar surface area (TPSA) is 121 Å². The molecule has 2 aliphatic heterocycles. The van der Waals surface area contributed by atoms with Gasteiger partial charge in [0.2, 0.25) is 5.91 Å². The number of rotatable bonds is 7. The second kappa shape index (κ2) is 11.3. The van der Waals surface area contributed by atoms with Gasteiger partial charge in [0.05, 0.1) is 28.6 Å². The SMILES string of the molecule is CNC(=O)c1nc(CC(=O)c2nsc3ccccc23)c2n1[C@H](CN1CCNCC1)C(=O)N[C@H]2c1cc(F)ccc1Cl. The van der Waals surface area contributed by atoms with Gasteiger partial charge in [-0.05, 0) is 35.8 Å². The summed E-state index contributed by atoms with van der Waals surface area (Å²) in [6, 6.07) is 9.60. The van der Waals surface area contributed by atoms with Crippen LogP contribution in [0, 0.1) is 5.82 Å². The summed E-state index contributed by atoms with van der Waals surface area (Å²) < 4.78 is 21.3. The molecule has 4 aromatic rings. The third-order valence-corrected chi connectivity index (χ3v) is 8.68. The molecule has 212 valence electrons. The Labute approximate surface area is 244 Å². The Morgan fingerprint density at radius 1 is 1.20 bits per heavy atom. The van der Waals surface area contributed by atoms with Crippen LogP contribution in [0.2, 0.25) is 5.02 Å². The van der Waals surface area contributed by atoms with Crippen molar-refractivity contribution in [3.05, 3.63) is 81.8 Å². The number of aromatic nitrogens is 3. The van der Waals surface area contributed by atoms with Crippen molar-refractivity contribution < 1.29 is 18.8 Å². The molecular weight excluding hydrogens is 569 g/mol. The van der Waals surface area contributed by atoms with Crippen molar-refractivity contribution in [1.82, 2.24) is 34.8 Å². The van der Waals surface area contributed by atoms with Gasteiger partial charge < -0.3 is 20.5 Å². The fourth-order valence-corrected chi connectivity index (χ4v) is 6.54. The molecule has 1 fully saturated rings. The van der Waals surface area contributed by atoms with Gasteiger partial charge in [-0.25, -0.2) is 9.37 Å². The number of imidazole rings is 1. The van der Waals surface area contributed by atoms with Crippen molar-refractivity contribution in [2.24, 2.45) is 0 Å². The summed E-state index contributed by atoms with van der Waals surface area (Å²) in [6.07, 6.45) is -0.181. The molecule has 10 nitrogen and oxygen atoms in total. The van der Waals surface area contributed by atoms with Crippen molar-refractivity contribution in [1.29, 1.82) is 0 Å². The molecule has 0 spiro atoms. The Kier molecular flexibility index (Phi) is 7.56. The highest BCUT2D eigenvalue weighted by atomic mass is 35.5. The maximum Gasteiger partial charge on any atom is 0.287 e. The number of hydrogen-bond donors (Lipinski definition) is 3. The molecule has 2 atom stereocenters. The summed E-state index contributed by atoms with van der Waals surface area (Å²) in [7, 11) is 1.48. The van der Waals surface area contributed by atoms with E-state index in [-0.39, 0.29) is 29.0 Å². The maximum absolute atomic E-state index is 14.5. The molecule has 4 heterocycles. The van der Waals surface area contributed by atoms with Gasteiger partial charge in [-0.1, -0.05) is 29.8 Å². The molecule has 0 radical (unpaired) electrons. The zero-order chi connectivity index (χ0) is 28.7. The van der Waals surface area contributed by atoms with Crippen molar-refractivity contribution in [3.8, 4) is 0 Å². The van der Waals surface area contributed by atoms with Crippen LogP contribution in [0.5, 0.6) is 0 Å². The number of Topliss-reactive ketones (excluding diaryl/α,β-unsaturated/α-hetero) is 1. The second-order valence-corrected chi connectivity index (χ2v) is 11.2. The number of carbonyl (C=O) groups excluding carboxylic acids is 3. The van der Waals surface area contributed by atoms with Gasteiger partial charge >= 0.3 is 0 Å². The molecule has 2 aromatic carbocycles. The number of benzene rings is 2. The van der Waals surface area contributed by atoms with E-state index in [4.69, 9.17) is 11.6 Å². The van der Waals surface area contributed by atoms with E-state index in [0.717, 1.165) is 36.3 Å². The van der Waals surface area contributed by atoms with Gasteiger partial charge in [0.15, 0.2) is 11.6 Å². The Hall–Kier alpha value is -3.71. The van der Waals surface area contributed by atoms with Gasteiger partial charge in [-0.2, -0.15) is 4.37 Å². The second-order valence-electron chi connectivity index (χ2n) is 10.0. The van der Waals surface area contributed by atoms with Gasteiger partial charge in [0.25, 0.3) is 5.91 Å². The quantitative estimate of drug-likeness (QED) is 0.281. The highest BCUT2D eigenvalue weighted by molar-refractivity contribution is 7.13. The van der Waals surface area contributed by atoms with Gasteiger partial charge in [0, 0.05) is 55.7 Å². The highest BCUT2D eigenvalue weighted by Gasteiger charge is 2.42. The molecule has 3 N–H and O–H groups in total. The number of ketones is 1. The number of hydrogen-bond acceptors (Lipinski definition) is 8. The van der Waals surface area contributed by atoms with Crippen LogP contribution in [0.1, 0.15) is 50.1 Å². The van der Waals surface area contributed by atoms with Crippen molar-refractivity contribution in [2.45, 2.75) is 18.5 Å². The lowest BCUT2D eigenvalue weighted by Gasteiger charge is -2.37. The summed E-state index contributed by atoms with van der Waals surface area (Å²) >= 11 is 7.75. The van der Waals surface area contributed by atoms with E-state index in [1.54, 1.807) is 4.57 Å². The Bertz CT molecular complexity index is 1670. The predicted molar refractivity (Wildman–Crippen MR) is 153 cm³/mol. The lowest BCUT2D eigenvalue weighted by molar-refractivity contribution is -0.126. The minimum atomic E-state index is -0.939. The summed E-state index contributed by atoms with van der Waals surface area (Å²) in [5.74, 6) is -1.68. The van der Waals surface area contributed by atoms with E-state index in [1.807, 2.05) is 24.3 Å². The largest absolute Gasteiger partial charge is 0.352 e. The number of piperazine rings is 1. The number of halogens is 2. The molecule has 0 bridgehead atoms. The van der Waals surface area contributed by atoms with Crippen LogP contribution < -0.4 is 16.0 Å². The molecule has 0 aliphatic carbocycles. The molecular formula is C28H27ClFN7O3S. The van der Waals surface area contributed by atoms with Crippen LogP contribution >= 0.6 is 23.1 Å². The van der Waals surface area contributed by atoms with Crippen molar-refractivity contribution in [3.63, 3.8) is 0 Å².